The molecule has 0 aliphatic heterocycles. The van der Waals surface area contributed by atoms with E-state index >= 15 is 0 Å². The van der Waals surface area contributed by atoms with Crippen LogP contribution in [-0.4, -0.2) is 72.9 Å². The number of carbonyl (C=O) groups excluding carboxylic acids is 2. The highest BCUT2D eigenvalue weighted by molar-refractivity contribution is 7.09. The number of aliphatic hydroxyl groups is 2. The van der Waals surface area contributed by atoms with E-state index in [1.54, 1.807) is 32.7 Å². The van der Waals surface area contributed by atoms with E-state index in [0.29, 0.717) is 48.6 Å². The maximum absolute atomic E-state index is 14.9. The van der Waals surface area contributed by atoms with Gasteiger partial charge in [0.1, 0.15) is 5.75 Å². The van der Waals surface area contributed by atoms with Crippen molar-refractivity contribution in [2.45, 2.75) is 83.3 Å². The summed E-state index contributed by atoms with van der Waals surface area (Å²) in [7, 11) is 4.81. The predicted molar refractivity (Wildman–Crippen MR) is 214 cm³/mol. The molecule has 3 fully saturated rings. The predicted octanol–water partition coefficient (Wildman–Crippen LogP) is 7.86. The van der Waals surface area contributed by atoms with E-state index in [-0.39, 0.29) is 41.9 Å². The van der Waals surface area contributed by atoms with Gasteiger partial charge in [-0.3, -0.25) is 9.59 Å². The molecule has 1 amide bonds. The molecule has 2 bridgehead atoms. The van der Waals surface area contributed by atoms with Gasteiger partial charge in [0, 0.05) is 45.3 Å². The number of fused-ring (bicyclic) bond motifs is 1. The van der Waals surface area contributed by atoms with Crippen LogP contribution in [0.3, 0.4) is 0 Å². The molecule has 292 valence electrons. The fourth-order valence-electron chi connectivity index (χ4n) is 12.1. The number of amides is 1. The van der Waals surface area contributed by atoms with Gasteiger partial charge in [-0.15, -0.1) is 11.3 Å². The van der Waals surface area contributed by atoms with E-state index < -0.39 is 27.9 Å². The summed E-state index contributed by atoms with van der Waals surface area (Å²) in [6.45, 7) is 5.35. The maximum Gasteiger partial charge on any atom is 0.227 e. The Balaban J connectivity index is 1.16. The maximum atomic E-state index is 14.9. The first-order valence-corrected chi connectivity index (χ1v) is 20.8. The van der Waals surface area contributed by atoms with Crippen molar-refractivity contribution in [3.8, 4) is 17.2 Å². The molecule has 2 aromatic carbocycles. The fraction of sp³-hybridized carbons (Fsp3) is 0.522. The number of hydrogen-bond donors (Lipinski definition) is 2. The Morgan fingerprint density at radius 2 is 1.60 bits per heavy atom. The Morgan fingerprint density at radius 3 is 2.31 bits per heavy atom. The van der Waals surface area contributed by atoms with Crippen molar-refractivity contribution < 1.29 is 34.0 Å². The van der Waals surface area contributed by atoms with Crippen LogP contribution in [0.1, 0.15) is 79.6 Å². The number of hydrogen-bond acceptors (Lipinski definition) is 8. The van der Waals surface area contributed by atoms with Crippen LogP contribution in [0, 0.1) is 33.5 Å². The summed E-state index contributed by atoms with van der Waals surface area (Å²) >= 11 is 1.68. The third-order valence-corrected chi connectivity index (χ3v) is 16.1. The molecule has 3 aromatic rings. The van der Waals surface area contributed by atoms with Gasteiger partial charge in [0.15, 0.2) is 17.3 Å². The Hall–Kier alpha value is -3.92. The number of carbonyl (C=O) groups is 2. The molecule has 8 atom stereocenters. The smallest absolute Gasteiger partial charge is 0.227 e. The van der Waals surface area contributed by atoms with Gasteiger partial charge in [-0.25, -0.2) is 0 Å². The normalized spacial score (nSPS) is 34.2. The summed E-state index contributed by atoms with van der Waals surface area (Å²) < 4.78 is 16.4. The molecule has 0 radical (unpaired) electrons. The van der Waals surface area contributed by atoms with Gasteiger partial charge in [0.25, 0.3) is 0 Å². The molecule has 6 aliphatic carbocycles. The summed E-state index contributed by atoms with van der Waals surface area (Å²) in [5.41, 5.74) is -0.605. The minimum absolute atomic E-state index is 0.0147. The van der Waals surface area contributed by atoms with Crippen molar-refractivity contribution in [3.63, 3.8) is 0 Å². The SMILES string of the molecule is COc1ccc(C(=O)C2=C[C@@]34C=C[C@@]25[C@@H]2CC[C@@](O)(CN(CCc6cccs6)C(=O)Cc6ccc(OC)c(OC)c6)[C@@]2(C)CC[C@@H]5[C@@]3(C)CCC(O)C4)cc1. The van der Waals surface area contributed by atoms with Crippen molar-refractivity contribution in [2.24, 2.45) is 33.5 Å². The molecule has 55 heavy (non-hydrogen) atoms. The Labute approximate surface area is 329 Å². The van der Waals surface area contributed by atoms with Crippen LogP contribution in [0.25, 0.3) is 0 Å². The van der Waals surface area contributed by atoms with E-state index in [2.05, 4.69) is 43.5 Å². The first-order valence-electron chi connectivity index (χ1n) is 19.9. The molecule has 1 heterocycles. The van der Waals surface area contributed by atoms with Gasteiger partial charge >= 0.3 is 0 Å². The molecule has 9 rings (SSSR count). The Bertz CT molecular complexity index is 2010. The summed E-state index contributed by atoms with van der Waals surface area (Å²) in [5.74, 6) is 2.02. The number of rotatable bonds is 12. The van der Waals surface area contributed by atoms with Crippen LogP contribution in [0.2, 0.25) is 0 Å². The third kappa shape index (κ3) is 5.82. The molecule has 2 spiro atoms. The number of ketones is 1. The zero-order valence-corrected chi connectivity index (χ0v) is 33.6. The number of nitrogens with zero attached hydrogens (tertiary/aromatic N) is 1. The molecule has 1 unspecified atom stereocenters. The number of ether oxygens (including phenoxy) is 3. The fourth-order valence-corrected chi connectivity index (χ4v) is 12.8. The average molecular weight is 766 g/mol. The van der Waals surface area contributed by atoms with Gasteiger partial charge in [-0.2, -0.15) is 0 Å². The topological polar surface area (TPSA) is 106 Å². The zero-order valence-electron chi connectivity index (χ0n) is 32.8. The number of aliphatic hydroxyl groups excluding tert-OH is 1. The van der Waals surface area contributed by atoms with Crippen molar-refractivity contribution in [1.29, 1.82) is 0 Å². The second kappa shape index (κ2) is 13.9. The monoisotopic (exact) mass is 765 g/mol. The quantitative estimate of drug-likeness (QED) is 0.143. The number of thiophene rings is 1. The second-order valence-corrected chi connectivity index (χ2v) is 18.4. The lowest BCUT2D eigenvalue weighted by Crippen LogP contribution is -2.67. The van der Waals surface area contributed by atoms with Crippen molar-refractivity contribution in [1.82, 2.24) is 4.90 Å². The lowest BCUT2D eigenvalue weighted by molar-refractivity contribution is -0.178. The van der Waals surface area contributed by atoms with Crippen LogP contribution in [0.4, 0.5) is 0 Å². The van der Waals surface area contributed by atoms with Crippen molar-refractivity contribution >= 4 is 23.0 Å². The highest BCUT2D eigenvalue weighted by Crippen LogP contribution is 2.78. The van der Waals surface area contributed by atoms with Crippen molar-refractivity contribution in [2.75, 3.05) is 34.4 Å². The molecule has 0 saturated heterocycles. The van der Waals surface area contributed by atoms with Crippen molar-refractivity contribution in [3.05, 3.63) is 99.8 Å². The van der Waals surface area contributed by atoms with E-state index in [0.717, 1.165) is 43.2 Å². The van der Waals surface area contributed by atoms with Crippen LogP contribution in [-0.2, 0) is 17.6 Å². The number of allylic oxidation sites excluding steroid dienone is 4. The Kier molecular flexibility index (Phi) is 9.61. The van der Waals surface area contributed by atoms with Crippen LogP contribution < -0.4 is 14.2 Å². The molecule has 3 saturated carbocycles. The second-order valence-electron chi connectivity index (χ2n) is 17.4. The highest BCUT2D eigenvalue weighted by Gasteiger charge is 2.74. The van der Waals surface area contributed by atoms with Crippen LogP contribution >= 0.6 is 11.3 Å². The molecule has 8 nitrogen and oxygen atoms in total. The number of benzene rings is 2. The average Bonchev–Trinajstić information content (AvgIpc) is 3.81. The summed E-state index contributed by atoms with van der Waals surface area (Å²) in [6.07, 6.45) is 12.6. The van der Waals surface area contributed by atoms with E-state index in [1.165, 1.54) is 4.88 Å². The minimum atomic E-state index is -1.17. The molecule has 6 aliphatic rings. The molecule has 1 aromatic heterocycles. The van der Waals surface area contributed by atoms with Gasteiger partial charge < -0.3 is 29.3 Å². The molecule has 2 N–H and O–H groups in total. The first-order chi connectivity index (χ1) is 26.3. The van der Waals surface area contributed by atoms with E-state index in [9.17, 15) is 19.8 Å². The highest BCUT2D eigenvalue weighted by atomic mass is 32.1. The van der Waals surface area contributed by atoms with E-state index in [4.69, 9.17) is 14.2 Å². The molecule has 9 heteroatoms. The summed E-state index contributed by atoms with van der Waals surface area (Å²) in [5, 5.41) is 26.3. The van der Waals surface area contributed by atoms with Gasteiger partial charge in [-0.05, 0) is 122 Å². The third-order valence-electron chi connectivity index (χ3n) is 15.1. The largest absolute Gasteiger partial charge is 0.497 e. The zero-order chi connectivity index (χ0) is 38.8. The van der Waals surface area contributed by atoms with Crippen LogP contribution in [0.5, 0.6) is 17.2 Å². The summed E-state index contributed by atoms with van der Waals surface area (Å²) in [4.78, 5) is 32.4. The Morgan fingerprint density at radius 1 is 0.873 bits per heavy atom. The number of Topliss-reactive ketones (excluding diaryl/α,β-unsaturated/α-hetero) is 1. The van der Waals surface area contributed by atoms with Gasteiger partial charge in [-0.1, -0.05) is 44.2 Å². The standard InChI is InChI=1S/C46H55NO7S/c1-42-18-14-32(48)27-44(42)21-22-46(35(28-44)41(50)31-9-11-33(52-3)12-10-31)38(42)15-19-43(2)39(46)16-20-45(43,51)29-47(23-17-34-7-6-24-55-34)40(49)26-30-8-13-36(53-4)37(25-30)54-5/h6-13,21-22,24-25,28,32,38-39,48,51H,14-20,23,26-27,29H2,1-5H3/t32?,38-,39-,42-,43+,44+,45-,46-/m1/s1. The summed E-state index contributed by atoms with van der Waals surface area (Å²) in [6, 6.07) is 17.1. The lowest BCUT2D eigenvalue weighted by Gasteiger charge is -2.71. The number of methoxy groups -OCH3 is 3. The van der Waals surface area contributed by atoms with Crippen LogP contribution in [0.15, 0.2) is 83.8 Å². The van der Waals surface area contributed by atoms with Gasteiger partial charge in [0.2, 0.25) is 5.91 Å². The minimum Gasteiger partial charge on any atom is -0.497 e. The molecular weight excluding hydrogens is 711 g/mol. The molecular formula is C46H55NO7S. The van der Waals surface area contributed by atoms with E-state index in [1.807, 2.05) is 53.4 Å². The lowest BCUT2D eigenvalue weighted by atomic mass is 9.32. The first kappa shape index (κ1) is 38.0. The van der Waals surface area contributed by atoms with Gasteiger partial charge in [0.05, 0.1) is 39.5 Å².